The van der Waals surface area contributed by atoms with E-state index in [-0.39, 0.29) is 5.91 Å². The average Bonchev–Trinajstić information content (AvgIpc) is 3.07. The van der Waals surface area contributed by atoms with Crippen molar-refractivity contribution in [1.29, 1.82) is 0 Å². The van der Waals surface area contributed by atoms with Gasteiger partial charge in [-0.1, -0.05) is 5.16 Å². The highest BCUT2D eigenvalue weighted by molar-refractivity contribution is 5.76. The molecule has 2 N–H and O–H groups in total. The number of hydrogen-bond donors (Lipinski definition) is 2. The van der Waals surface area contributed by atoms with Gasteiger partial charge in [0.2, 0.25) is 5.91 Å². The van der Waals surface area contributed by atoms with Gasteiger partial charge in [0.05, 0.1) is 11.4 Å². The topological polar surface area (TPSA) is 83.8 Å². The minimum Gasteiger partial charge on any atom is -0.361 e. The van der Waals surface area contributed by atoms with Gasteiger partial charge in [-0.05, 0) is 45.1 Å². The van der Waals surface area contributed by atoms with Crippen LogP contribution in [-0.4, -0.2) is 21.3 Å². The Morgan fingerprint density at radius 3 is 2.91 bits per heavy atom. The maximum absolute atomic E-state index is 12.0. The smallest absolute Gasteiger partial charge is 0.220 e. The summed E-state index contributed by atoms with van der Waals surface area (Å²) in [7, 11) is 0. The molecule has 22 heavy (non-hydrogen) atoms. The third kappa shape index (κ3) is 3.05. The summed E-state index contributed by atoms with van der Waals surface area (Å²) in [6.45, 7) is 4.21. The molecule has 0 bridgehead atoms. The Hall–Kier alpha value is -2.11. The zero-order valence-electron chi connectivity index (χ0n) is 13.2. The van der Waals surface area contributed by atoms with Crippen LogP contribution in [0.25, 0.3) is 0 Å². The van der Waals surface area contributed by atoms with E-state index in [4.69, 9.17) is 4.52 Å². The zero-order chi connectivity index (χ0) is 15.5. The van der Waals surface area contributed by atoms with Crippen molar-refractivity contribution in [3.05, 3.63) is 34.0 Å². The van der Waals surface area contributed by atoms with Crippen LogP contribution in [0.2, 0.25) is 0 Å². The number of H-pyrrole nitrogens is 1. The number of carbonyl (C=O) groups excluding carboxylic acids is 1. The van der Waals surface area contributed by atoms with E-state index in [0.29, 0.717) is 19.4 Å². The molecule has 6 nitrogen and oxygen atoms in total. The van der Waals surface area contributed by atoms with Gasteiger partial charge in [-0.2, -0.15) is 5.10 Å². The number of aromatic nitrogens is 3. The minimum absolute atomic E-state index is 0.0348. The van der Waals surface area contributed by atoms with E-state index >= 15 is 0 Å². The van der Waals surface area contributed by atoms with E-state index in [1.54, 1.807) is 0 Å². The Labute approximate surface area is 129 Å². The second-order valence-corrected chi connectivity index (χ2v) is 5.91. The van der Waals surface area contributed by atoms with E-state index < -0.39 is 0 Å². The number of aromatic amines is 1. The summed E-state index contributed by atoms with van der Waals surface area (Å²) in [6.07, 6.45) is 5.77. The molecule has 0 spiro atoms. The van der Waals surface area contributed by atoms with Crippen molar-refractivity contribution in [1.82, 2.24) is 20.7 Å². The molecule has 6 heteroatoms. The second-order valence-electron chi connectivity index (χ2n) is 5.91. The number of nitrogens with one attached hydrogen (secondary N) is 2. The molecule has 0 saturated heterocycles. The fourth-order valence-corrected chi connectivity index (χ4v) is 3.02. The molecule has 2 aromatic rings. The molecule has 2 aromatic heterocycles. The number of rotatable bonds is 5. The summed E-state index contributed by atoms with van der Waals surface area (Å²) >= 11 is 0. The highest BCUT2D eigenvalue weighted by Gasteiger charge is 2.17. The fourth-order valence-electron chi connectivity index (χ4n) is 3.02. The van der Waals surface area contributed by atoms with Gasteiger partial charge in [0.15, 0.2) is 0 Å². The van der Waals surface area contributed by atoms with Gasteiger partial charge < -0.3 is 9.84 Å². The highest BCUT2D eigenvalue weighted by Crippen LogP contribution is 2.22. The van der Waals surface area contributed by atoms with Gasteiger partial charge in [0, 0.05) is 30.6 Å². The number of aryl methyl sites for hydroxylation is 4. The molecular weight excluding hydrogens is 280 g/mol. The summed E-state index contributed by atoms with van der Waals surface area (Å²) in [5, 5.41) is 14.3. The molecule has 0 saturated carbocycles. The third-order valence-electron chi connectivity index (χ3n) is 4.37. The van der Waals surface area contributed by atoms with Crippen molar-refractivity contribution in [2.75, 3.05) is 0 Å². The molecule has 0 atom stereocenters. The predicted molar refractivity (Wildman–Crippen MR) is 81.4 cm³/mol. The van der Waals surface area contributed by atoms with Crippen LogP contribution in [0.3, 0.4) is 0 Å². The van der Waals surface area contributed by atoms with Crippen LogP contribution in [-0.2, 0) is 30.6 Å². The van der Waals surface area contributed by atoms with Crippen LogP contribution >= 0.6 is 0 Å². The standard InChI is InChI=1S/C16H22N4O2/c1-10-13(11(2)22-20-10)9-17-16(21)8-7-15-12-5-3-4-6-14(12)18-19-15/h3-9H2,1-2H3,(H,17,21)(H,18,19). The molecule has 0 unspecified atom stereocenters. The quantitative estimate of drug-likeness (QED) is 0.886. The first-order valence-electron chi connectivity index (χ1n) is 7.88. The molecule has 0 fully saturated rings. The van der Waals surface area contributed by atoms with Crippen LogP contribution in [0.1, 0.15) is 53.2 Å². The molecule has 1 aliphatic rings. The largest absolute Gasteiger partial charge is 0.361 e. The molecule has 1 aliphatic carbocycles. The molecular formula is C16H22N4O2. The normalized spacial score (nSPS) is 13.9. The van der Waals surface area contributed by atoms with Crippen LogP contribution in [0.15, 0.2) is 4.52 Å². The van der Waals surface area contributed by atoms with Gasteiger partial charge in [-0.3, -0.25) is 9.89 Å². The Balaban J connectivity index is 1.51. The summed E-state index contributed by atoms with van der Waals surface area (Å²) in [4.78, 5) is 12.0. The van der Waals surface area contributed by atoms with E-state index in [2.05, 4.69) is 20.7 Å². The van der Waals surface area contributed by atoms with Crippen LogP contribution < -0.4 is 5.32 Å². The van der Waals surface area contributed by atoms with Crippen LogP contribution in [0.5, 0.6) is 0 Å². The lowest BCUT2D eigenvalue weighted by Gasteiger charge is -2.11. The first kappa shape index (κ1) is 14.8. The molecule has 118 valence electrons. The zero-order valence-corrected chi connectivity index (χ0v) is 13.2. The van der Waals surface area contributed by atoms with E-state index in [1.807, 2.05) is 13.8 Å². The average molecular weight is 302 g/mol. The number of hydrogen-bond acceptors (Lipinski definition) is 4. The van der Waals surface area contributed by atoms with E-state index in [1.165, 1.54) is 24.1 Å². The molecule has 3 rings (SSSR count). The van der Waals surface area contributed by atoms with Crippen LogP contribution in [0.4, 0.5) is 0 Å². The van der Waals surface area contributed by atoms with Crippen molar-refractivity contribution >= 4 is 5.91 Å². The van der Waals surface area contributed by atoms with Crippen molar-refractivity contribution in [2.45, 2.75) is 58.9 Å². The molecule has 0 aromatic carbocycles. The second kappa shape index (κ2) is 6.34. The monoisotopic (exact) mass is 302 g/mol. The van der Waals surface area contributed by atoms with Gasteiger partial charge in [-0.25, -0.2) is 0 Å². The molecule has 0 radical (unpaired) electrons. The van der Waals surface area contributed by atoms with E-state index in [0.717, 1.165) is 35.6 Å². The van der Waals surface area contributed by atoms with Gasteiger partial charge in [0.25, 0.3) is 0 Å². The Morgan fingerprint density at radius 1 is 1.32 bits per heavy atom. The first-order valence-corrected chi connectivity index (χ1v) is 7.88. The van der Waals surface area contributed by atoms with Crippen molar-refractivity contribution < 1.29 is 9.32 Å². The highest BCUT2D eigenvalue weighted by atomic mass is 16.5. The third-order valence-corrected chi connectivity index (χ3v) is 4.37. The van der Waals surface area contributed by atoms with Crippen molar-refractivity contribution in [2.24, 2.45) is 0 Å². The molecule has 0 aliphatic heterocycles. The van der Waals surface area contributed by atoms with Crippen LogP contribution in [0, 0.1) is 13.8 Å². The molecule has 2 heterocycles. The maximum atomic E-state index is 12.0. The van der Waals surface area contributed by atoms with Crippen molar-refractivity contribution in [3.8, 4) is 0 Å². The maximum Gasteiger partial charge on any atom is 0.220 e. The number of nitrogens with zero attached hydrogens (tertiary/aromatic N) is 2. The summed E-state index contributed by atoms with van der Waals surface area (Å²) in [6, 6.07) is 0. The van der Waals surface area contributed by atoms with Gasteiger partial charge >= 0.3 is 0 Å². The first-order chi connectivity index (χ1) is 10.6. The lowest BCUT2D eigenvalue weighted by Crippen LogP contribution is -2.23. The number of carbonyl (C=O) groups is 1. The Bertz CT molecular complexity index is 652. The lowest BCUT2D eigenvalue weighted by atomic mass is 9.94. The Kier molecular flexibility index (Phi) is 4.27. The summed E-state index contributed by atoms with van der Waals surface area (Å²) in [5.74, 6) is 0.798. The minimum atomic E-state index is 0.0348. The molecule has 1 amide bonds. The lowest BCUT2D eigenvalue weighted by molar-refractivity contribution is -0.121. The fraction of sp³-hybridized carbons (Fsp3) is 0.562. The van der Waals surface area contributed by atoms with Crippen molar-refractivity contribution in [3.63, 3.8) is 0 Å². The number of fused-ring (bicyclic) bond motifs is 1. The number of amides is 1. The van der Waals surface area contributed by atoms with Gasteiger partial charge in [-0.15, -0.1) is 0 Å². The van der Waals surface area contributed by atoms with Gasteiger partial charge in [0.1, 0.15) is 5.76 Å². The summed E-state index contributed by atoms with van der Waals surface area (Å²) < 4.78 is 5.09. The predicted octanol–water partition coefficient (Wildman–Crippen LogP) is 2.14. The Morgan fingerprint density at radius 2 is 2.14 bits per heavy atom. The van der Waals surface area contributed by atoms with E-state index in [9.17, 15) is 4.79 Å². The SMILES string of the molecule is Cc1noc(C)c1CNC(=O)CCc1n[nH]c2c1CCCC2. The summed E-state index contributed by atoms with van der Waals surface area (Å²) in [5.41, 5.74) is 5.45.